The molecule has 0 unspecified atom stereocenters. The van der Waals surface area contributed by atoms with Crippen LogP contribution in [0.15, 0.2) is 77.7 Å². The van der Waals surface area contributed by atoms with Gasteiger partial charge in [0.2, 0.25) is 0 Å². The van der Waals surface area contributed by atoms with Gasteiger partial charge in [0.1, 0.15) is 0 Å². The first-order chi connectivity index (χ1) is 12.8. The number of amides is 1. The summed E-state index contributed by atoms with van der Waals surface area (Å²) >= 11 is 11.9. The molecule has 1 amide bonds. The average Bonchev–Trinajstić information content (AvgIpc) is 2.64. The fraction of sp³-hybridized carbons (Fsp3) is 0. The molecule has 2 N–H and O–H groups in total. The molecule has 0 radical (unpaired) electrons. The van der Waals surface area contributed by atoms with Gasteiger partial charge < -0.3 is 5.32 Å². The van der Waals surface area contributed by atoms with Crippen molar-refractivity contribution in [3.63, 3.8) is 0 Å². The fourth-order valence-electron chi connectivity index (χ4n) is 2.32. The molecule has 0 aliphatic rings. The summed E-state index contributed by atoms with van der Waals surface area (Å²) in [4.78, 5) is 12.6. The Morgan fingerprint density at radius 2 is 1.59 bits per heavy atom. The zero-order valence-electron chi connectivity index (χ0n) is 13.8. The number of nitrogens with one attached hydrogen (secondary N) is 2. The van der Waals surface area contributed by atoms with Gasteiger partial charge in [0.05, 0.1) is 15.6 Å². The molecule has 0 bridgehead atoms. The highest BCUT2D eigenvalue weighted by molar-refractivity contribution is 7.92. The van der Waals surface area contributed by atoms with E-state index in [-0.39, 0.29) is 16.1 Å². The first-order valence-corrected chi connectivity index (χ1v) is 10.0. The molecule has 5 nitrogen and oxygen atoms in total. The summed E-state index contributed by atoms with van der Waals surface area (Å²) in [5, 5.41) is 3.43. The molecule has 8 heteroatoms. The van der Waals surface area contributed by atoms with Crippen molar-refractivity contribution in [2.75, 3.05) is 10.0 Å². The highest BCUT2D eigenvalue weighted by Crippen LogP contribution is 2.26. The number of rotatable bonds is 5. The minimum atomic E-state index is -3.74. The number of halogens is 2. The van der Waals surface area contributed by atoms with Crippen LogP contribution in [0.5, 0.6) is 0 Å². The second-order valence-electron chi connectivity index (χ2n) is 5.58. The smallest absolute Gasteiger partial charge is 0.261 e. The highest BCUT2D eigenvalue weighted by atomic mass is 35.5. The molecule has 3 aromatic carbocycles. The SMILES string of the molecule is O=C(Nc1ccc(Cl)cc1Cl)c1cccc(NS(=O)(=O)c2ccccc2)c1. The van der Waals surface area contributed by atoms with Crippen LogP contribution in [0.4, 0.5) is 11.4 Å². The minimum absolute atomic E-state index is 0.132. The predicted octanol–water partition coefficient (Wildman–Crippen LogP) is 5.05. The number of hydrogen-bond acceptors (Lipinski definition) is 3. The molecule has 0 aliphatic carbocycles. The number of carbonyl (C=O) groups is 1. The maximum Gasteiger partial charge on any atom is 0.261 e. The lowest BCUT2D eigenvalue weighted by molar-refractivity contribution is 0.102. The van der Waals surface area contributed by atoms with Crippen LogP contribution in [-0.4, -0.2) is 14.3 Å². The normalized spacial score (nSPS) is 11.0. The Morgan fingerprint density at radius 3 is 2.30 bits per heavy atom. The number of sulfonamides is 1. The van der Waals surface area contributed by atoms with E-state index in [2.05, 4.69) is 10.0 Å². The number of carbonyl (C=O) groups excluding carboxylic acids is 1. The standard InChI is InChI=1S/C19H14Cl2N2O3S/c20-14-9-10-18(17(21)12-14)22-19(24)13-5-4-6-15(11-13)23-27(25,26)16-7-2-1-3-8-16/h1-12,23H,(H,22,24). The Bertz CT molecular complexity index is 1090. The third kappa shape index (κ3) is 4.80. The van der Waals surface area contributed by atoms with E-state index in [0.717, 1.165) is 0 Å². The van der Waals surface area contributed by atoms with Gasteiger partial charge in [-0.05, 0) is 48.5 Å². The van der Waals surface area contributed by atoms with Crippen molar-refractivity contribution < 1.29 is 13.2 Å². The van der Waals surface area contributed by atoms with Crippen LogP contribution < -0.4 is 10.0 Å². The zero-order valence-corrected chi connectivity index (χ0v) is 16.1. The molecule has 0 saturated carbocycles. The maximum atomic E-state index is 12.5. The molecular weight excluding hydrogens is 407 g/mol. The van der Waals surface area contributed by atoms with Crippen LogP contribution in [0.3, 0.4) is 0 Å². The number of benzene rings is 3. The average molecular weight is 421 g/mol. The van der Waals surface area contributed by atoms with Gasteiger partial charge in [0, 0.05) is 16.3 Å². The maximum absolute atomic E-state index is 12.5. The first kappa shape index (κ1) is 19.2. The molecule has 0 aromatic heterocycles. The lowest BCUT2D eigenvalue weighted by Gasteiger charge is -2.11. The molecule has 27 heavy (non-hydrogen) atoms. The Hall–Kier alpha value is -2.54. The van der Waals surface area contributed by atoms with Gasteiger partial charge in [-0.3, -0.25) is 9.52 Å². The second-order valence-corrected chi connectivity index (χ2v) is 8.10. The van der Waals surface area contributed by atoms with Crippen LogP contribution in [0.2, 0.25) is 10.0 Å². The molecule has 3 aromatic rings. The zero-order chi connectivity index (χ0) is 19.4. The Morgan fingerprint density at radius 1 is 0.852 bits per heavy atom. The van der Waals surface area contributed by atoms with Crippen molar-refractivity contribution in [2.24, 2.45) is 0 Å². The molecular formula is C19H14Cl2N2O3S. The van der Waals surface area contributed by atoms with E-state index in [9.17, 15) is 13.2 Å². The van der Waals surface area contributed by atoms with Gasteiger partial charge in [-0.1, -0.05) is 47.5 Å². The summed E-state index contributed by atoms with van der Waals surface area (Å²) in [6.45, 7) is 0. The van der Waals surface area contributed by atoms with Gasteiger partial charge in [-0.25, -0.2) is 8.42 Å². The molecule has 0 heterocycles. The van der Waals surface area contributed by atoms with E-state index in [4.69, 9.17) is 23.2 Å². The molecule has 0 aliphatic heterocycles. The summed E-state index contributed by atoms with van der Waals surface area (Å²) in [5.74, 6) is -0.431. The van der Waals surface area contributed by atoms with E-state index in [1.54, 1.807) is 48.5 Å². The van der Waals surface area contributed by atoms with Crippen molar-refractivity contribution in [3.8, 4) is 0 Å². The van der Waals surface area contributed by atoms with E-state index in [1.807, 2.05) is 0 Å². The van der Waals surface area contributed by atoms with Gasteiger partial charge >= 0.3 is 0 Å². The summed E-state index contributed by atoms with van der Waals surface area (Å²) in [7, 11) is -3.74. The van der Waals surface area contributed by atoms with Gasteiger partial charge in [0.25, 0.3) is 15.9 Å². The Balaban J connectivity index is 1.80. The highest BCUT2D eigenvalue weighted by Gasteiger charge is 2.15. The quantitative estimate of drug-likeness (QED) is 0.606. The fourth-order valence-corrected chi connectivity index (χ4v) is 3.85. The topological polar surface area (TPSA) is 75.3 Å². The minimum Gasteiger partial charge on any atom is -0.321 e. The van der Waals surface area contributed by atoms with Crippen molar-refractivity contribution in [3.05, 3.63) is 88.4 Å². The van der Waals surface area contributed by atoms with E-state index < -0.39 is 15.9 Å². The summed E-state index contributed by atoms with van der Waals surface area (Å²) in [6, 6.07) is 18.8. The van der Waals surface area contributed by atoms with Crippen LogP contribution in [0.25, 0.3) is 0 Å². The molecule has 0 spiro atoms. The Kier molecular flexibility index (Phi) is 5.70. The van der Waals surface area contributed by atoms with Crippen molar-refractivity contribution in [2.45, 2.75) is 4.90 Å². The molecule has 3 rings (SSSR count). The monoisotopic (exact) mass is 420 g/mol. The summed E-state index contributed by atoms with van der Waals surface area (Å²) in [6.07, 6.45) is 0. The van der Waals surface area contributed by atoms with Crippen LogP contribution in [0.1, 0.15) is 10.4 Å². The van der Waals surface area contributed by atoms with Crippen LogP contribution >= 0.6 is 23.2 Å². The molecule has 0 atom stereocenters. The van der Waals surface area contributed by atoms with Crippen molar-refractivity contribution >= 4 is 50.5 Å². The van der Waals surface area contributed by atoms with E-state index in [1.165, 1.54) is 24.3 Å². The largest absolute Gasteiger partial charge is 0.321 e. The summed E-state index contributed by atoms with van der Waals surface area (Å²) < 4.78 is 27.3. The number of anilines is 2. The van der Waals surface area contributed by atoms with E-state index in [0.29, 0.717) is 15.7 Å². The third-order valence-corrected chi connectivity index (χ3v) is 5.55. The van der Waals surface area contributed by atoms with Gasteiger partial charge in [0.15, 0.2) is 0 Å². The lowest BCUT2D eigenvalue weighted by atomic mass is 10.2. The molecule has 0 fully saturated rings. The predicted molar refractivity (Wildman–Crippen MR) is 108 cm³/mol. The van der Waals surface area contributed by atoms with Crippen molar-refractivity contribution in [1.29, 1.82) is 0 Å². The second kappa shape index (κ2) is 8.00. The van der Waals surface area contributed by atoms with Gasteiger partial charge in [-0.15, -0.1) is 0 Å². The Labute approximate surface area is 167 Å². The third-order valence-electron chi connectivity index (χ3n) is 3.61. The van der Waals surface area contributed by atoms with Crippen LogP contribution in [-0.2, 0) is 10.0 Å². The summed E-state index contributed by atoms with van der Waals surface area (Å²) in [5.41, 5.74) is 0.948. The van der Waals surface area contributed by atoms with Gasteiger partial charge in [-0.2, -0.15) is 0 Å². The number of hydrogen-bond donors (Lipinski definition) is 2. The van der Waals surface area contributed by atoms with Crippen LogP contribution in [0, 0.1) is 0 Å². The molecule has 138 valence electrons. The first-order valence-electron chi connectivity index (χ1n) is 7.79. The van der Waals surface area contributed by atoms with Crippen molar-refractivity contribution in [1.82, 2.24) is 0 Å². The molecule has 0 saturated heterocycles. The van der Waals surface area contributed by atoms with E-state index >= 15 is 0 Å². The lowest BCUT2D eigenvalue weighted by Crippen LogP contribution is -2.15.